The van der Waals surface area contributed by atoms with Crippen LogP contribution in [0.5, 0.6) is 0 Å². The van der Waals surface area contributed by atoms with Gasteiger partial charge in [0.1, 0.15) is 0 Å². The van der Waals surface area contributed by atoms with Crippen molar-refractivity contribution in [3.05, 3.63) is 68.7 Å². The minimum absolute atomic E-state index is 0.0697. The summed E-state index contributed by atoms with van der Waals surface area (Å²) in [6.07, 6.45) is 1.14. The molecule has 0 aliphatic rings. The molecule has 0 aliphatic heterocycles. The van der Waals surface area contributed by atoms with Crippen LogP contribution >= 0.6 is 11.6 Å². The van der Waals surface area contributed by atoms with Gasteiger partial charge in [0.2, 0.25) is 10.0 Å². The van der Waals surface area contributed by atoms with Crippen molar-refractivity contribution in [1.29, 1.82) is 0 Å². The number of carbonyl (C=O) groups is 1. The molecule has 0 unspecified atom stereocenters. The fraction of sp³-hybridized carbons (Fsp3) is 0.176. The number of benzene rings is 2. The van der Waals surface area contributed by atoms with Crippen molar-refractivity contribution >= 4 is 39.4 Å². The number of nitro groups is 1. The predicted octanol–water partition coefficient (Wildman–Crippen LogP) is 2.33. The van der Waals surface area contributed by atoms with Gasteiger partial charge >= 0.3 is 0 Å². The van der Waals surface area contributed by atoms with Gasteiger partial charge < -0.3 is 0 Å². The molecule has 0 saturated carbocycles. The normalized spacial score (nSPS) is 11.7. The summed E-state index contributed by atoms with van der Waals surface area (Å²) in [6.45, 7) is 1.37. The van der Waals surface area contributed by atoms with Crippen molar-refractivity contribution in [3.8, 4) is 0 Å². The van der Waals surface area contributed by atoms with Gasteiger partial charge in [0.05, 0.1) is 22.6 Å². The van der Waals surface area contributed by atoms with E-state index >= 15 is 0 Å². The van der Waals surface area contributed by atoms with Crippen molar-refractivity contribution in [2.24, 2.45) is 5.10 Å². The average molecular weight is 425 g/mol. The van der Waals surface area contributed by atoms with Crippen LogP contribution in [0.4, 0.5) is 5.69 Å². The fourth-order valence-electron chi connectivity index (χ4n) is 2.13. The highest BCUT2D eigenvalue weighted by molar-refractivity contribution is 7.89. The van der Waals surface area contributed by atoms with Crippen LogP contribution < -0.4 is 5.43 Å². The van der Waals surface area contributed by atoms with Crippen molar-refractivity contribution < 1.29 is 18.1 Å². The number of rotatable bonds is 7. The maximum atomic E-state index is 12.4. The molecule has 0 bridgehead atoms. The number of halogens is 1. The number of sulfonamides is 1. The second-order valence-electron chi connectivity index (χ2n) is 5.83. The van der Waals surface area contributed by atoms with E-state index in [9.17, 15) is 23.3 Å². The van der Waals surface area contributed by atoms with Crippen LogP contribution in [0.1, 0.15) is 11.1 Å². The number of carbonyl (C=O) groups excluding carboxylic acids is 1. The Morgan fingerprint density at radius 1 is 1.29 bits per heavy atom. The lowest BCUT2D eigenvalue weighted by molar-refractivity contribution is -0.384. The zero-order valence-electron chi connectivity index (χ0n) is 15.0. The molecule has 0 aliphatic carbocycles. The van der Waals surface area contributed by atoms with E-state index in [0.717, 1.165) is 16.1 Å². The smallest absolute Gasteiger partial charge is 0.270 e. The van der Waals surface area contributed by atoms with Gasteiger partial charge in [0, 0.05) is 29.8 Å². The second kappa shape index (κ2) is 8.91. The van der Waals surface area contributed by atoms with Gasteiger partial charge in [-0.2, -0.15) is 9.41 Å². The number of non-ortho nitro benzene ring substituents is 1. The number of hydrogen-bond donors (Lipinski definition) is 1. The van der Waals surface area contributed by atoms with Crippen molar-refractivity contribution in [1.82, 2.24) is 9.73 Å². The Morgan fingerprint density at radius 2 is 1.93 bits per heavy atom. The average Bonchev–Trinajstić information content (AvgIpc) is 2.63. The third kappa shape index (κ3) is 5.35. The van der Waals surface area contributed by atoms with E-state index in [0.29, 0.717) is 0 Å². The summed E-state index contributed by atoms with van der Waals surface area (Å²) < 4.78 is 25.8. The molecule has 1 N–H and O–H groups in total. The molecule has 2 aromatic carbocycles. The Labute approximate surface area is 166 Å². The molecule has 0 radical (unpaired) electrons. The van der Waals surface area contributed by atoms with Crippen molar-refractivity contribution in [2.75, 3.05) is 13.6 Å². The van der Waals surface area contributed by atoms with Gasteiger partial charge in [-0.05, 0) is 25.1 Å². The highest BCUT2D eigenvalue weighted by Gasteiger charge is 2.22. The molecule has 0 saturated heterocycles. The number of nitrogens with zero attached hydrogens (tertiary/aromatic N) is 3. The third-order valence-electron chi connectivity index (χ3n) is 3.68. The van der Waals surface area contributed by atoms with Gasteiger partial charge in [-0.3, -0.25) is 14.9 Å². The van der Waals surface area contributed by atoms with Crippen LogP contribution in [-0.2, 0) is 14.8 Å². The number of nitrogens with one attached hydrogen (secondary N) is 1. The Morgan fingerprint density at radius 3 is 2.54 bits per heavy atom. The Hall–Kier alpha value is -2.82. The molecule has 11 heteroatoms. The molecule has 0 spiro atoms. The van der Waals surface area contributed by atoms with E-state index in [-0.39, 0.29) is 21.2 Å². The Balaban J connectivity index is 2.02. The molecule has 28 heavy (non-hydrogen) atoms. The first-order valence-electron chi connectivity index (χ1n) is 7.90. The van der Waals surface area contributed by atoms with E-state index in [1.165, 1.54) is 37.4 Å². The lowest BCUT2D eigenvalue weighted by Gasteiger charge is -2.16. The van der Waals surface area contributed by atoms with Gasteiger partial charge in [-0.25, -0.2) is 13.8 Å². The standard InChI is InChI=1S/C17H17ClN4O5S/c1-12-3-6-15(7-4-12)28(26,27)21(2)11-17(23)20-19-10-13-9-14(22(24)25)5-8-16(13)18/h3-10H,11H2,1-2H3,(H,20,23). The van der Waals surface area contributed by atoms with Crippen molar-refractivity contribution in [2.45, 2.75) is 11.8 Å². The third-order valence-corrected chi connectivity index (χ3v) is 5.84. The molecule has 148 valence electrons. The Kier molecular flexibility index (Phi) is 6.84. The molecule has 1 amide bonds. The van der Waals surface area contributed by atoms with Gasteiger partial charge in [0.25, 0.3) is 11.6 Å². The SMILES string of the molecule is Cc1ccc(S(=O)(=O)N(C)CC(=O)NN=Cc2cc([N+](=O)[O-])ccc2Cl)cc1. The van der Waals surface area contributed by atoms with Crippen LogP contribution in [0.25, 0.3) is 0 Å². The number of hydrazone groups is 1. The maximum absolute atomic E-state index is 12.4. The maximum Gasteiger partial charge on any atom is 0.270 e. The number of aryl methyl sites for hydroxylation is 1. The second-order valence-corrected chi connectivity index (χ2v) is 8.28. The first kappa shape index (κ1) is 21.5. The number of nitro benzene ring substituents is 1. The summed E-state index contributed by atoms with van der Waals surface area (Å²) in [4.78, 5) is 22.2. The first-order chi connectivity index (χ1) is 13.1. The molecule has 0 fully saturated rings. The van der Waals surface area contributed by atoms with Gasteiger partial charge in [-0.15, -0.1) is 0 Å². The Bertz CT molecular complexity index is 1020. The number of likely N-dealkylation sites (N-methyl/N-ethyl adjacent to an activating group) is 1. The molecular weight excluding hydrogens is 408 g/mol. The monoisotopic (exact) mass is 424 g/mol. The molecule has 9 nitrogen and oxygen atoms in total. The summed E-state index contributed by atoms with van der Waals surface area (Å²) in [6, 6.07) is 10.0. The van der Waals surface area contributed by atoms with Crippen LogP contribution in [0.2, 0.25) is 5.02 Å². The minimum atomic E-state index is -3.83. The van der Waals surface area contributed by atoms with Crippen molar-refractivity contribution in [3.63, 3.8) is 0 Å². The van der Waals surface area contributed by atoms with Crippen LogP contribution in [0.3, 0.4) is 0 Å². The van der Waals surface area contributed by atoms with Crippen LogP contribution in [0, 0.1) is 17.0 Å². The zero-order valence-corrected chi connectivity index (χ0v) is 16.6. The molecule has 2 rings (SSSR count). The van der Waals surface area contributed by atoms with E-state index in [1.54, 1.807) is 12.1 Å². The summed E-state index contributed by atoms with van der Waals surface area (Å²) in [5.41, 5.74) is 3.13. The highest BCUT2D eigenvalue weighted by atomic mass is 35.5. The lowest BCUT2D eigenvalue weighted by atomic mass is 10.2. The minimum Gasteiger partial charge on any atom is -0.272 e. The molecular formula is C17H17ClN4O5S. The first-order valence-corrected chi connectivity index (χ1v) is 9.72. The lowest BCUT2D eigenvalue weighted by Crippen LogP contribution is -2.36. The summed E-state index contributed by atoms with van der Waals surface area (Å²) in [5.74, 6) is -0.684. The van der Waals surface area contributed by atoms with Gasteiger partial charge in [0.15, 0.2) is 0 Å². The number of amides is 1. The van der Waals surface area contributed by atoms with E-state index < -0.39 is 27.4 Å². The van der Waals surface area contributed by atoms with Gasteiger partial charge in [-0.1, -0.05) is 29.3 Å². The summed E-state index contributed by atoms with van der Waals surface area (Å²) in [7, 11) is -2.55. The predicted molar refractivity (Wildman–Crippen MR) is 105 cm³/mol. The molecule has 0 atom stereocenters. The van der Waals surface area contributed by atoms with Crippen LogP contribution in [0.15, 0.2) is 52.5 Å². The molecule has 0 heterocycles. The highest BCUT2D eigenvalue weighted by Crippen LogP contribution is 2.20. The van der Waals surface area contributed by atoms with E-state index in [4.69, 9.17) is 11.6 Å². The summed E-state index contributed by atoms with van der Waals surface area (Å²) in [5, 5.41) is 14.7. The number of hydrogen-bond acceptors (Lipinski definition) is 6. The van der Waals surface area contributed by atoms with Crippen LogP contribution in [-0.4, -0.2) is 43.4 Å². The molecule has 0 aromatic heterocycles. The fourth-order valence-corrected chi connectivity index (χ4v) is 3.42. The quantitative estimate of drug-likeness (QED) is 0.415. The van der Waals surface area contributed by atoms with E-state index in [2.05, 4.69) is 10.5 Å². The van der Waals surface area contributed by atoms with E-state index in [1.807, 2.05) is 6.92 Å². The topological polar surface area (TPSA) is 122 Å². The zero-order chi connectivity index (χ0) is 20.9. The molecule has 2 aromatic rings. The largest absolute Gasteiger partial charge is 0.272 e. The summed E-state index contributed by atoms with van der Waals surface area (Å²) >= 11 is 5.93.